The van der Waals surface area contributed by atoms with Crippen LogP contribution >= 0.6 is 0 Å². The van der Waals surface area contributed by atoms with Crippen molar-refractivity contribution in [2.24, 2.45) is 0 Å². The summed E-state index contributed by atoms with van der Waals surface area (Å²) in [5, 5.41) is 5.43. The summed E-state index contributed by atoms with van der Waals surface area (Å²) in [6, 6.07) is 14.9. The van der Waals surface area contributed by atoms with E-state index in [-0.39, 0.29) is 29.7 Å². The molecule has 190 valence electrons. The summed E-state index contributed by atoms with van der Waals surface area (Å²) >= 11 is 0. The molecule has 2 aromatic carbocycles. The molecule has 0 spiro atoms. The molecule has 1 fully saturated rings. The number of nitrogens with zero attached hydrogens (tertiary/aromatic N) is 2. The summed E-state index contributed by atoms with van der Waals surface area (Å²) in [6.45, 7) is 8.06. The molecule has 1 saturated heterocycles. The minimum Gasteiger partial charge on any atom is -0.336 e. The molecule has 0 saturated carbocycles. The Labute approximate surface area is 204 Å². The highest BCUT2D eigenvalue weighted by Crippen LogP contribution is 2.34. The Hall–Kier alpha value is -3.07. The zero-order valence-electron chi connectivity index (χ0n) is 20.4. The molecule has 0 bridgehead atoms. The minimum absolute atomic E-state index is 0.0322. The molecule has 3 amide bonds. The Kier molecular flexibility index (Phi) is 8.43. The summed E-state index contributed by atoms with van der Waals surface area (Å²) in [5.74, 6) is -0.517. The lowest BCUT2D eigenvalue weighted by Crippen LogP contribution is -2.54. The largest absolute Gasteiger partial charge is 0.418 e. The number of piperazine rings is 1. The van der Waals surface area contributed by atoms with Crippen LogP contribution in [0.4, 0.5) is 23.7 Å². The number of rotatable bonds is 7. The quantitative estimate of drug-likeness (QED) is 0.590. The molecule has 1 unspecified atom stereocenters. The van der Waals surface area contributed by atoms with Crippen LogP contribution in [-0.2, 0) is 16.4 Å². The van der Waals surface area contributed by atoms with E-state index in [2.05, 4.69) is 36.6 Å². The monoisotopic (exact) mass is 490 g/mol. The van der Waals surface area contributed by atoms with Crippen molar-refractivity contribution in [2.75, 3.05) is 38.0 Å². The molecular weight excluding hydrogens is 457 g/mol. The highest BCUT2D eigenvalue weighted by molar-refractivity contribution is 5.93. The minimum atomic E-state index is -4.55. The summed E-state index contributed by atoms with van der Waals surface area (Å²) in [4.78, 5) is 28.6. The van der Waals surface area contributed by atoms with Gasteiger partial charge in [-0.15, -0.1) is 0 Å². The molecule has 0 aromatic heterocycles. The third-order valence-corrected chi connectivity index (χ3v) is 6.27. The highest BCUT2D eigenvalue weighted by atomic mass is 19.4. The van der Waals surface area contributed by atoms with Gasteiger partial charge in [0.2, 0.25) is 5.91 Å². The maximum Gasteiger partial charge on any atom is 0.418 e. The number of hydrogen-bond acceptors (Lipinski definition) is 3. The highest BCUT2D eigenvalue weighted by Gasteiger charge is 2.34. The normalized spacial score (nSPS) is 16.0. The van der Waals surface area contributed by atoms with Crippen LogP contribution in [-0.4, -0.2) is 60.5 Å². The molecule has 2 aromatic rings. The zero-order chi connectivity index (χ0) is 25.6. The number of anilines is 1. The molecule has 2 N–H and O–H groups in total. The summed E-state index contributed by atoms with van der Waals surface area (Å²) in [5.41, 5.74) is -0.00855. The van der Waals surface area contributed by atoms with Crippen LogP contribution < -0.4 is 10.6 Å². The van der Waals surface area contributed by atoms with Crippen molar-refractivity contribution in [1.29, 1.82) is 0 Å². The molecule has 0 aliphatic carbocycles. The van der Waals surface area contributed by atoms with Crippen LogP contribution in [0, 0.1) is 0 Å². The Balaban J connectivity index is 1.45. The van der Waals surface area contributed by atoms with Crippen molar-refractivity contribution in [3.63, 3.8) is 0 Å². The maximum absolute atomic E-state index is 13.1. The second-order valence-electron chi connectivity index (χ2n) is 9.66. The van der Waals surface area contributed by atoms with E-state index in [1.54, 1.807) is 4.90 Å². The van der Waals surface area contributed by atoms with Gasteiger partial charge in [-0.1, -0.05) is 56.3 Å². The van der Waals surface area contributed by atoms with Crippen molar-refractivity contribution < 1.29 is 22.8 Å². The predicted octanol–water partition coefficient (Wildman–Crippen LogP) is 4.73. The van der Waals surface area contributed by atoms with Gasteiger partial charge < -0.3 is 15.5 Å². The Morgan fingerprint density at radius 1 is 0.943 bits per heavy atom. The van der Waals surface area contributed by atoms with Crippen molar-refractivity contribution in [3.05, 3.63) is 65.7 Å². The molecule has 6 nitrogen and oxygen atoms in total. The Morgan fingerprint density at radius 3 is 2.17 bits per heavy atom. The number of alkyl halides is 3. The summed E-state index contributed by atoms with van der Waals surface area (Å²) < 4.78 is 39.4. The topological polar surface area (TPSA) is 64.7 Å². The average molecular weight is 491 g/mol. The number of urea groups is 1. The van der Waals surface area contributed by atoms with E-state index < -0.39 is 17.6 Å². The van der Waals surface area contributed by atoms with Crippen molar-refractivity contribution in [3.8, 4) is 0 Å². The lowest BCUT2D eigenvalue weighted by Gasteiger charge is -2.36. The standard InChI is InChI=1S/C26H33F3N4O2/c1-19(17-25(2,3)20-9-5-4-6-10-20)30-24(35)33-15-13-32(14-16-33)18-23(34)31-22-12-8-7-11-21(22)26(27,28)29/h4-12,19H,13-18H2,1-3H3,(H,30,35)(H,31,34). The first-order chi connectivity index (χ1) is 16.5. The number of amides is 3. The van der Waals surface area contributed by atoms with Crippen LogP contribution in [0.2, 0.25) is 0 Å². The van der Waals surface area contributed by atoms with Crippen molar-refractivity contribution >= 4 is 17.6 Å². The lowest BCUT2D eigenvalue weighted by atomic mass is 9.79. The van der Waals surface area contributed by atoms with E-state index in [0.717, 1.165) is 12.5 Å². The van der Waals surface area contributed by atoms with Gasteiger partial charge in [0, 0.05) is 32.2 Å². The fourth-order valence-corrected chi connectivity index (χ4v) is 4.47. The molecular formula is C26H33F3N4O2. The first-order valence-electron chi connectivity index (χ1n) is 11.7. The van der Waals surface area contributed by atoms with E-state index in [9.17, 15) is 22.8 Å². The smallest absolute Gasteiger partial charge is 0.336 e. The molecule has 1 heterocycles. The van der Waals surface area contributed by atoms with Gasteiger partial charge >= 0.3 is 12.2 Å². The van der Waals surface area contributed by atoms with E-state index in [1.807, 2.05) is 30.0 Å². The van der Waals surface area contributed by atoms with Gasteiger partial charge in [-0.25, -0.2) is 4.79 Å². The number of halogens is 3. The molecule has 9 heteroatoms. The second kappa shape index (κ2) is 11.1. The van der Waals surface area contributed by atoms with E-state index in [4.69, 9.17) is 0 Å². The predicted molar refractivity (Wildman–Crippen MR) is 130 cm³/mol. The fraction of sp³-hybridized carbons (Fsp3) is 0.462. The van der Waals surface area contributed by atoms with Crippen LogP contribution in [0.1, 0.15) is 38.3 Å². The van der Waals surface area contributed by atoms with Gasteiger partial charge in [0.15, 0.2) is 0 Å². The average Bonchev–Trinajstić information content (AvgIpc) is 2.79. The lowest BCUT2D eigenvalue weighted by molar-refractivity contribution is -0.137. The number of carbonyl (C=O) groups is 2. The van der Waals surface area contributed by atoms with E-state index in [0.29, 0.717) is 26.2 Å². The van der Waals surface area contributed by atoms with Gasteiger partial charge in [0.25, 0.3) is 0 Å². The third-order valence-electron chi connectivity index (χ3n) is 6.27. The summed E-state index contributed by atoms with van der Waals surface area (Å²) in [7, 11) is 0. The molecule has 1 atom stereocenters. The second-order valence-corrected chi connectivity index (χ2v) is 9.66. The fourth-order valence-electron chi connectivity index (χ4n) is 4.47. The van der Waals surface area contributed by atoms with Crippen molar-refractivity contribution in [1.82, 2.24) is 15.1 Å². The molecule has 0 radical (unpaired) electrons. The maximum atomic E-state index is 13.1. The Bertz CT molecular complexity index is 1000. The van der Waals surface area contributed by atoms with Crippen LogP contribution in [0.25, 0.3) is 0 Å². The van der Waals surface area contributed by atoms with Crippen molar-refractivity contribution in [2.45, 2.75) is 44.8 Å². The summed E-state index contributed by atoms with van der Waals surface area (Å²) in [6.07, 6.45) is -3.77. The van der Waals surface area contributed by atoms with Gasteiger partial charge in [0.1, 0.15) is 0 Å². The number of nitrogens with one attached hydrogen (secondary N) is 2. The van der Waals surface area contributed by atoms with Crippen LogP contribution in [0.15, 0.2) is 54.6 Å². The van der Waals surface area contributed by atoms with Gasteiger partial charge in [-0.2, -0.15) is 13.2 Å². The van der Waals surface area contributed by atoms with Gasteiger partial charge in [0.05, 0.1) is 17.8 Å². The molecule has 1 aliphatic heterocycles. The molecule has 1 aliphatic rings. The number of benzene rings is 2. The first kappa shape index (κ1) is 26.5. The first-order valence-corrected chi connectivity index (χ1v) is 11.7. The molecule has 35 heavy (non-hydrogen) atoms. The molecule has 3 rings (SSSR count). The SMILES string of the molecule is CC(CC(C)(C)c1ccccc1)NC(=O)N1CCN(CC(=O)Nc2ccccc2C(F)(F)F)CC1. The number of hydrogen-bond donors (Lipinski definition) is 2. The third kappa shape index (κ3) is 7.45. The zero-order valence-corrected chi connectivity index (χ0v) is 20.4. The number of para-hydroxylation sites is 1. The van der Waals surface area contributed by atoms with Gasteiger partial charge in [-0.3, -0.25) is 9.69 Å². The number of carbonyl (C=O) groups excluding carboxylic acids is 2. The van der Waals surface area contributed by atoms with Crippen LogP contribution in [0.5, 0.6) is 0 Å². The van der Waals surface area contributed by atoms with E-state index in [1.165, 1.54) is 23.8 Å². The van der Waals surface area contributed by atoms with Crippen LogP contribution in [0.3, 0.4) is 0 Å². The van der Waals surface area contributed by atoms with Gasteiger partial charge in [-0.05, 0) is 36.5 Å². The van der Waals surface area contributed by atoms with E-state index >= 15 is 0 Å². The Morgan fingerprint density at radius 2 is 1.54 bits per heavy atom.